The summed E-state index contributed by atoms with van der Waals surface area (Å²) in [5.41, 5.74) is 0.120. The van der Waals surface area contributed by atoms with Gasteiger partial charge in [0.15, 0.2) is 0 Å². The molecular formula is C25H50O4. The van der Waals surface area contributed by atoms with E-state index in [1.165, 1.54) is 38.5 Å². The van der Waals surface area contributed by atoms with Crippen molar-refractivity contribution in [3.63, 3.8) is 0 Å². The smallest absolute Gasteiger partial charge is 0.0705 e. The Balaban J connectivity index is 0.000000291. The maximum atomic E-state index is 8.73. The normalized spacial score (nSPS) is 32.9. The Kier molecular flexibility index (Phi) is 12.3. The SMILES string of the molecule is CC(C)C1CCC(C)(OCCCO)CC1.CC(C)C1CCC(C)(OCCO)CC1. The molecule has 0 atom stereocenters. The average molecular weight is 415 g/mol. The standard InChI is InChI=1S/C13H26O2.C12H24O2/c1-11(2)12-5-7-13(3,8-6-12)15-10-4-9-14;1-10(2)11-4-6-12(3,7-5-11)14-9-8-13/h11-12,14H,4-10H2,1-3H3;10-11,13H,4-9H2,1-3H3. The highest BCUT2D eigenvalue weighted by molar-refractivity contribution is 4.85. The van der Waals surface area contributed by atoms with Gasteiger partial charge in [0.05, 0.1) is 24.4 Å². The van der Waals surface area contributed by atoms with Crippen molar-refractivity contribution in [1.29, 1.82) is 0 Å². The number of hydrogen-bond acceptors (Lipinski definition) is 4. The van der Waals surface area contributed by atoms with Gasteiger partial charge in [-0.25, -0.2) is 0 Å². The quantitative estimate of drug-likeness (QED) is 0.483. The molecule has 0 radical (unpaired) electrons. The molecule has 2 N–H and O–H groups in total. The lowest BCUT2D eigenvalue weighted by Crippen LogP contribution is -2.35. The van der Waals surface area contributed by atoms with Crippen LogP contribution in [0.15, 0.2) is 0 Å². The van der Waals surface area contributed by atoms with Gasteiger partial charge in [0.2, 0.25) is 0 Å². The van der Waals surface area contributed by atoms with E-state index in [4.69, 9.17) is 19.7 Å². The number of aliphatic hydroxyl groups is 2. The Labute approximate surface area is 180 Å². The summed E-state index contributed by atoms with van der Waals surface area (Å²) in [5.74, 6) is 3.38. The van der Waals surface area contributed by atoms with E-state index in [1.807, 2.05) is 0 Å². The van der Waals surface area contributed by atoms with Crippen molar-refractivity contribution in [2.24, 2.45) is 23.7 Å². The van der Waals surface area contributed by atoms with Crippen molar-refractivity contribution in [3.05, 3.63) is 0 Å². The highest BCUT2D eigenvalue weighted by Crippen LogP contribution is 2.38. The van der Waals surface area contributed by atoms with Crippen molar-refractivity contribution in [3.8, 4) is 0 Å². The van der Waals surface area contributed by atoms with Crippen LogP contribution in [0.25, 0.3) is 0 Å². The zero-order valence-electron chi connectivity index (χ0n) is 20.2. The summed E-state index contributed by atoms with van der Waals surface area (Å²) in [5, 5.41) is 17.4. The van der Waals surface area contributed by atoms with Crippen LogP contribution in [0.2, 0.25) is 0 Å². The summed E-state index contributed by atoms with van der Waals surface area (Å²) in [6.45, 7) is 15.2. The Morgan fingerprint density at radius 3 is 1.38 bits per heavy atom. The van der Waals surface area contributed by atoms with E-state index < -0.39 is 0 Å². The van der Waals surface area contributed by atoms with E-state index in [0.29, 0.717) is 13.2 Å². The predicted octanol–water partition coefficient (Wildman–Crippen LogP) is 5.59. The van der Waals surface area contributed by atoms with Gasteiger partial charge in [0, 0.05) is 13.2 Å². The van der Waals surface area contributed by atoms with Crippen molar-refractivity contribution >= 4 is 0 Å². The van der Waals surface area contributed by atoms with Gasteiger partial charge in [0.1, 0.15) is 0 Å². The predicted molar refractivity (Wildman–Crippen MR) is 121 cm³/mol. The molecule has 4 nitrogen and oxygen atoms in total. The van der Waals surface area contributed by atoms with Crippen LogP contribution in [-0.2, 0) is 9.47 Å². The third-order valence-electron chi connectivity index (χ3n) is 7.36. The second-order valence-electron chi connectivity index (χ2n) is 10.6. The van der Waals surface area contributed by atoms with Crippen LogP contribution in [-0.4, -0.2) is 47.8 Å². The minimum Gasteiger partial charge on any atom is -0.396 e. The van der Waals surface area contributed by atoms with Crippen LogP contribution < -0.4 is 0 Å². The van der Waals surface area contributed by atoms with Gasteiger partial charge < -0.3 is 19.7 Å². The van der Waals surface area contributed by atoms with Crippen LogP contribution in [0.5, 0.6) is 0 Å². The third kappa shape index (κ3) is 10.1. The highest BCUT2D eigenvalue weighted by Gasteiger charge is 2.33. The molecule has 2 aliphatic rings. The molecule has 2 aliphatic carbocycles. The van der Waals surface area contributed by atoms with Crippen molar-refractivity contribution in [2.75, 3.05) is 26.4 Å². The molecule has 0 unspecified atom stereocenters. The van der Waals surface area contributed by atoms with Crippen LogP contribution in [0.4, 0.5) is 0 Å². The summed E-state index contributed by atoms with van der Waals surface area (Å²) < 4.78 is 11.6. The van der Waals surface area contributed by atoms with Gasteiger partial charge in [-0.15, -0.1) is 0 Å². The Hall–Kier alpha value is -0.160. The van der Waals surface area contributed by atoms with Gasteiger partial charge in [0.25, 0.3) is 0 Å². The molecule has 2 saturated carbocycles. The average Bonchev–Trinajstić information content (AvgIpc) is 2.68. The van der Waals surface area contributed by atoms with Gasteiger partial charge in [-0.05, 0) is 95.3 Å². The highest BCUT2D eigenvalue weighted by atomic mass is 16.5. The van der Waals surface area contributed by atoms with Crippen molar-refractivity contribution in [2.45, 2.75) is 111 Å². The monoisotopic (exact) mass is 414 g/mol. The summed E-state index contributed by atoms with van der Waals surface area (Å²) in [4.78, 5) is 0. The van der Waals surface area contributed by atoms with E-state index in [9.17, 15) is 0 Å². The molecule has 0 aromatic carbocycles. The molecule has 0 saturated heterocycles. The van der Waals surface area contributed by atoms with Crippen LogP contribution in [0.3, 0.4) is 0 Å². The molecule has 0 aromatic heterocycles. The van der Waals surface area contributed by atoms with Gasteiger partial charge in [-0.3, -0.25) is 0 Å². The summed E-state index contributed by atoms with van der Waals surface area (Å²) in [6.07, 6.45) is 10.6. The molecule has 2 fully saturated rings. The van der Waals surface area contributed by atoms with Gasteiger partial charge in [-0.1, -0.05) is 27.7 Å². The number of hydrogen-bond donors (Lipinski definition) is 2. The fourth-order valence-electron chi connectivity index (χ4n) is 4.80. The van der Waals surface area contributed by atoms with Crippen molar-refractivity contribution in [1.82, 2.24) is 0 Å². The maximum absolute atomic E-state index is 8.73. The molecule has 0 aliphatic heterocycles. The largest absolute Gasteiger partial charge is 0.396 e. The zero-order valence-corrected chi connectivity index (χ0v) is 20.2. The lowest BCUT2D eigenvalue weighted by Gasteiger charge is -2.38. The summed E-state index contributed by atoms with van der Waals surface area (Å²) >= 11 is 0. The van der Waals surface area contributed by atoms with E-state index in [0.717, 1.165) is 42.9 Å². The van der Waals surface area contributed by atoms with E-state index in [2.05, 4.69) is 41.5 Å². The first-order chi connectivity index (χ1) is 13.6. The fourth-order valence-corrected chi connectivity index (χ4v) is 4.80. The van der Waals surface area contributed by atoms with Gasteiger partial charge in [-0.2, -0.15) is 0 Å². The summed E-state index contributed by atoms with van der Waals surface area (Å²) in [7, 11) is 0. The molecule has 174 valence electrons. The number of ether oxygens (including phenoxy) is 2. The molecule has 2 rings (SSSR count). The zero-order chi connectivity index (χ0) is 21.9. The topological polar surface area (TPSA) is 58.9 Å². The second kappa shape index (κ2) is 13.3. The lowest BCUT2D eigenvalue weighted by molar-refractivity contribution is -0.0777. The Bertz CT molecular complexity index is 405. The van der Waals surface area contributed by atoms with Crippen LogP contribution >= 0.6 is 0 Å². The van der Waals surface area contributed by atoms with E-state index in [-0.39, 0.29) is 24.4 Å². The van der Waals surface area contributed by atoms with Crippen LogP contribution in [0.1, 0.15) is 99.3 Å². The lowest BCUT2D eigenvalue weighted by atomic mass is 9.75. The van der Waals surface area contributed by atoms with Crippen molar-refractivity contribution < 1.29 is 19.7 Å². The molecular weight excluding hydrogens is 364 g/mol. The first-order valence-electron chi connectivity index (χ1n) is 12.1. The minimum atomic E-state index is 0.0358. The molecule has 0 amide bonds. The number of rotatable bonds is 9. The molecule has 4 heteroatoms. The third-order valence-corrected chi connectivity index (χ3v) is 7.36. The fraction of sp³-hybridized carbons (Fsp3) is 1.00. The number of aliphatic hydroxyl groups excluding tert-OH is 2. The molecule has 0 heterocycles. The first kappa shape index (κ1) is 26.9. The first-order valence-corrected chi connectivity index (χ1v) is 12.1. The Morgan fingerprint density at radius 1 is 0.690 bits per heavy atom. The van der Waals surface area contributed by atoms with Gasteiger partial charge >= 0.3 is 0 Å². The van der Waals surface area contributed by atoms with E-state index in [1.54, 1.807) is 0 Å². The molecule has 29 heavy (non-hydrogen) atoms. The minimum absolute atomic E-state index is 0.0358. The second-order valence-corrected chi connectivity index (χ2v) is 10.6. The molecule has 0 aromatic rings. The van der Waals surface area contributed by atoms with E-state index >= 15 is 0 Å². The Morgan fingerprint density at radius 2 is 1.07 bits per heavy atom. The molecule has 0 spiro atoms. The maximum Gasteiger partial charge on any atom is 0.0705 e. The van der Waals surface area contributed by atoms with Crippen LogP contribution in [0, 0.1) is 23.7 Å². The summed E-state index contributed by atoms with van der Waals surface area (Å²) in [6, 6.07) is 0. The molecule has 0 bridgehead atoms.